The van der Waals surface area contributed by atoms with Crippen molar-refractivity contribution >= 4 is 11.6 Å². The molecular formula is C22H29N3O3. The van der Waals surface area contributed by atoms with Gasteiger partial charge in [-0.3, -0.25) is 9.78 Å². The summed E-state index contributed by atoms with van der Waals surface area (Å²) in [4.78, 5) is 19.2. The number of hydrogen-bond acceptors (Lipinski definition) is 5. The number of nitrogens with one attached hydrogen (secondary N) is 1. The van der Waals surface area contributed by atoms with Gasteiger partial charge in [0.05, 0.1) is 31.1 Å². The lowest BCUT2D eigenvalue weighted by Crippen LogP contribution is -2.39. The number of carbonyl (C=O) groups is 1. The summed E-state index contributed by atoms with van der Waals surface area (Å²) in [5.41, 5.74) is 1.62. The van der Waals surface area contributed by atoms with Gasteiger partial charge in [0.1, 0.15) is 18.1 Å². The van der Waals surface area contributed by atoms with Crippen LogP contribution in [0.25, 0.3) is 0 Å². The van der Waals surface area contributed by atoms with E-state index in [2.05, 4.69) is 22.1 Å². The van der Waals surface area contributed by atoms with Crippen LogP contribution in [-0.4, -0.2) is 43.7 Å². The molecule has 1 aliphatic rings. The highest BCUT2D eigenvalue weighted by Gasteiger charge is 2.22. The average Bonchev–Trinajstić information content (AvgIpc) is 2.77. The molecule has 1 aliphatic heterocycles. The molecule has 1 aromatic carbocycles. The summed E-state index contributed by atoms with van der Waals surface area (Å²) < 4.78 is 10.8. The minimum atomic E-state index is -0.127. The van der Waals surface area contributed by atoms with Crippen molar-refractivity contribution in [1.82, 2.24) is 10.3 Å². The number of benzene rings is 1. The van der Waals surface area contributed by atoms with Crippen molar-refractivity contribution in [3.8, 4) is 11.5 Å². The summed E-state index contributed by atoms with van der Waals surface area (Å²) >= 11 is 0. The zero-order valence-corrected chi connectivity index (χ0v) is 16.7. The molecule has 0 radical (unpaired) electrons. The van der Waals surface area contributed by atoms with E-state index in [0.717, 1.165) is 30.2 Å². The minimum Gasteiger partial charge on any atom is -0.497 e. The summed E-state index contributed by atoms with van der Waals surface area (Å²) in [6.07, 6.45) is 8.26. The van der Waals surface area contributed by atoms with Crippen LogP contribution in [0, 0.1) is 0 Å². The van der Waals surface area contributed by atoms with Crippen molar-refractivity contribution in [2.24, 2.45) is 0 Å². The van der Waals surface area contributed by atoms with E-state index in [4.69, 9.17) is 9.47 Å². The molecular weight excluding hydrogens is 354 g/mol. The Kier molecular flexibility index (Phi) is 7.12. The van der Waals surface area contributed by atoms with E-state index in [1.807, 2.05) is 36.5 Å². The fourth-order valence-electron chi connectivity index (χ4n) is 3.58. The monoisotopic (exact) mass is 383 g/mol. The molecule has 2 heterocycles. The van der Waals surface area contributed by atoms with Crippen molar-refractivity contribution in [3.63, 3.8) is 0 Å². The van der Waals surface area contributed by atoms with Crippen molar-refractivity contribution < 1.29 is 14.3 Å². The second-order valence-electron chi connectivity index (χ2n) is 6.96. The van der Waals surface area contributed by atoms with Crippen LogP contribution < -0.4 is 19.7 Å². The Labute approximate surface area is 166 Å². The normalized spacial score (nSPS) is 16.5. The second-order valence-corrected chi connectivity index (χ2v) is 6.96. The lowest BCUT2D eigenvalue weighted by Gasteiger charge is -2.37. The van der Waals surface area contributed by atoms with Crippen molar-refractivity contribution in [3.05, 3.63) is 48.3 Å². The van der Waals surface area contributed by atoms with Gasteiger partial charge in [-0.2, -0.15) is 0 Å². The van der Waals surface area contributed by atoms with Gasteiger partial charge < -0.3 is 19.7 Å². The van der Waals surface area contributed by atoms with E-state index < -0.39 is 0 Å². The molecule has 1 N–H and O–H groups in total. The quantitative estimate of drug-likeness (QED) is 0.705. The number of rotatable bonds is 8. The van der Waals surface area contributed by atoms with Gasteiger partial charge in [-0.15, -0.1) is 0 Å². The molecule has 0 bridgehead atoms. The molecule has 0 saturated carbocycles. The zero-order chi connectivity index (χ0) is 19.8. The number of methoxy groups -OCH3 is 1. The minimum absolute atomic E-state index is 0.127. The number of carbonyl (C=O) groups excluding carboxylic acids is 1. The number of anilines is 1. The topological polar surface area (TPSA) is 63.7 Å². The molecule has 1 aromatic heterocycles. The Morgan fingerprint density at radius 3 is 2.75 bits per heavy atom. The maximum absolute atomic E-state index is 12.5. The first-order valence-corrected chi connectivity index (χ1v) is 9.98. The van der Waals surface area contributed by atoms with Gasteiger partial charge >= 0.3 is 0 Å². The summed E-state index contributed by atoms with van der Waals surface area (Å²) in [5.74, 6) is 1.40. The van der Waals surface area contributed by atoms with E-state index in [0.29, 0.717) is 24.8 Å². The van der Waals surface area contributed by atoms with Crippen molar-refractivity contribution in [1.29, 1.82) is 0 Å². The predicted molar refractivity (Wildman–Crippen MR) is 110 cm³/mol. The van der Waals surface area contributed by atoms with Crippen LogP contribution in [0.4, 0.5) is 5.69 Å². The molecule has 3 rings (SSSR count). The summed E-state index contributed by atoms with van der Waals surface area (Å²) in [5, 5.41) is 2.90. The molecule has 1 fully saturated rings. The zero-order valence-electron chi connectivity index (χ0n) is 16.7. The molecule has 0 aliphatic carbocycles. The van der Waals surface area contributed by atoms with Crippen LogP contribution in [0.2, 0.25) is 0 Å². The van der Waals surface area contributed by atoms with Gasteiger partial charge in [-0.05, 0) is 56.0 Å². The standard InChI is InChI=1S/C22H29N3O3/c1-3-18-6-4-5-12-25(18)19-14-17(15-23-16-19)22(26)24-11-13-28-21-9-7-20(27-2)8-10-21/h7-10,14-16,18H,3-6,11-13H2,1-2H3,(H,24,26). The fourth-order valence-corrected chi connectivity index (χ4v) is 3.58. The van der Waals surface area contributed by atoms with Crippen LogP contribution in [0.3, 0.4) is 0 Å². The van der Waals surface area contributed by atoms with Crippen LogP contribution in [0.1, 0.15) is 43.0 Å². The first kappa shape index (κ1) is 20.0. The molecule has 6 nitrogen and oxygen atoms in total. The average molecular weight is 383 g/mol. The van der Waals surface area contributed by atoms with Crippen LogP contribution >= 0.6 is 0 Å². The smallest absolute Gasteiger partial charge is 0.253 e. The number of hydrogen-bond donors (Lipinski definition) is 1. The highest BCUT2D eigenvalue weighted by Crippen LogP contribution is 2.26. The summed E-state index contributed by atoms with van der Waals surface area (Å²) in [6.45, 7) is 4.07. The highest BCUT2D eigenvalue weighted by atomic mass is 16.5. The van der Waals surface area contributed by atoms with Gasteiger partial charge in [-0.1, -0.05) is 6.92 Å². The first-order chi connectivity index (χ1) is 13.7. The van der Waals surface area contributed by atoms with Crippen LogP contribution in [-0.2, 0) is 0 Å². The van der Waals surface area contributed by atoms with Crippen molar-refractivity contribution in [2.75, 3.05) is 31.7 Å². The number of aromatic nitrogens is 1. The first-order valence-electron chi connectivity index (χ1n) is 9.98. The molecule has 1 atom stereocenters. The predicted octanol–water partition coefficient (Wildman–Crippen LogP) is 3.67. The molecule has 6 heteroatoms. The Hall–Kier alpha value is -2.76. The third-order valence-corrected chi connectivity index (χ3v) is 5.13. The molecule has 1 unspecified atom stereocenters. The van der Waals surface area contributed by atoms with Gasteiger partial charge in [0, 0.05) is 18.8 Å². The maximum atomic E-state index is 12.5. The fraction of sp³-hybridized carbons (Fsp3) is 0.455. The summed E-state index contributed by atoms with van der Waals surface area (Å²) in [7, 11) is 1.63. The van der Waals surface area contributed by atoms with Gasteiger partial charge in [0.15, 0.2) is 0 Å². The number of pyridine rings is 1. The molecule has 150 valence electrons. The third-order valence-electron chi connectivity index (χ3n) is 5.13. The van der Waals surface area contributed by atoms with Crippen LogP contribution in [0.15, 0.2) is 42.7 Å². The number of piperidine rings is 1. The lowest BCUT2D eigenvalue weighted by molar-refractivity contribution is 0.0946. The number of ether oxygens (including phenoxy) is 2. The van der Waals surface area contributed by atoms with Gasteiger partial charge in [0.25, 0.3) is 5.91 Å². The number of nitrogens with zero attached hydrogens (tertiary/aromatic N) is 2. The van der Waals surface area contributed by atoms with Crippen LogP contribution in [0.5, 0.6) is 11.5 Å². The SMILES string of the molecule is CCC1CCCCN1c1cncc(C(=O)NCCOc2ccc(OC)cc2)c1. The molecule has 1 amide bonds. The van der Waals surface area contributed by atoms with E-state index >= 15 is 0 Å². The Morgan fingerprint density at radius 1 is 1.21 bits per heavy atom. The third kappa shape index (κ3) is 5.15. The molecule has 2 aromatic rings. The van der Waals surface area contributed by atoms with E-state index in [1.165, 1.54) is 19.3 Å². The Bertz CT molecular complexity index is 764. The van der Waals surface area contributed by atoms with Gasteiger partial charge in [-0.25, -0.2) is 0 Å². The highest BCUT2D eigenvalue weighted by molar-refractivity contribution is 5.94. The largest absolute Gasteiger partial charge is 0.497 e. The van der Waals surface area contributed by atoms with Gasteiger partial charge in [0.2, 0.25) is 0 Å². The van der Waals surface area contributed by atoms with E-state index in [9.17, 15) is 4.79 Å². The molecule has 1 saturated heterocycles. The summed E-state index contributed by atoms with van der Waals surface area (Å²) in [6, 6.07) is 9.85. The molecule has 0 spiro atoms. The molecule has 28 heavy (non-hydrogen) atoms. The number of amides is 1. The maximum Gasteiger partial charge on any atom is 0.253 e. The Morgan fingerprint density at radius 2 is 2.00 bits per heavy atom. The Balaban J connectivity index is 1.51. The lowest BCUT2D eigenvalue weighted by atomic mass is 9.99. The van der Waals surface area contributed by atoms with Crippen molar-refractivity contribution in [2.45, 2.75) is 38.6 Å². The second kappa shape index (κ2) is 9.97. The van der Waals surface area contributed by atoms with E-state index in [-0.39, 0.29) is 5.91 Å². The van der Waals surface area contributed by atoms with E-state index in [1.54, 1.807) is 13.3 Å².